The van der Waals surface area contributed by atoms with Crippen LogP contribution in [0.15, 0.2) is 12.1 Å². The number of carbonyl (C=O) groups excluding carboxylic acids is 3. The molecule has 4 N–H and O–H groups in total. The Kier molecular flexibility index (Phi) is 6.31. The van der Waals surface area contributed by atoms with E-state index in [2.05, 4.69) is 25.9 Å². The van der Waals surface area contributed by atoms with E-state index < -0.39 is 11.6 Å². The Labute approximate surface area is 185 Å². The molecule has 2 saturated heterocycles. The number of amides is 3. The maximum atomic E-state index is 13.3. The molecule has 0 bridgehead atoms. The van der Waals surface area contributed by atoms with Crippen molar-refractivity contribution >= 4 is 28.9 Å². The van der Waals surface area contributed by atoms with Crippen LogP contribution in [0, 0.1) is 6.92 Å². The number of ether oxygens (including phenoxy) is 2. The highest BCUT2D eigenvalue weighted by molar-refractivity contribution is 6.05. The van der Waals surface area contributed by atoms with Crippen LogP contribution in [0.3, 0.4) is 0 Å². The second-order valence-corrected chi connectivity index (χ2v) is 8.47. The Balaban J connectivity index is 1.51. The van der Waals surface area contributed by atoms with Gasteiger partial charge in [0, 0.05) is 13.0 Å². The van der Waals surface area contributed by atoms with Gasteiger partial charge in [-0.25, -0.2) is 9.78 Å². The average molecular weight is 444 g/mol. The second-order valence-electron chi connectivity index (χ2n) is 8.47. The van der Waals surface area contributed by atoms with E-state index in [1.807, 2.05) is 19.9 Å². The lowest BCUT2D eigenvalue weighted by Crippen LogP contribution is -2.74. The number of benzene rings is 1. The number of unbranched alkanes of at least 4 members (excludes halogenated alkanes) is 1. The van der Waals surface area contributed by atoms with Gasteiger partial charge in [-0.2, -0.15) is 0 Å². The van der Waals surface area contributed by atoms with E-state index >= 15 is 0 Å². The van der Waals surface area contributed by atoms with Crippen LogP contribution < -0.4 is 16.0 Å². The summed E-state index contributed by atoms with van der Waals surface area (Å²) in [5, 5.41) is 8.78. The van der Waals surface area contributed by atoms with Crippen LogP contribution in [0.4, 0.5) is 4.79 Å². The van der Waals surface area contributed by atoms with Crippen molar-refractivity contribution in [1.82, 2.24) is 25.9 Å². The van der Waals surface area contributed by atoms with Crippen LogP contribution in [0.2, 0.25) is 0 Å². The first-order valence-corrected chi connectivity index (χ1v) is 11.0. The number of nitrogens with one attached hydrogen (secondary N) is 4. The molecule has 3 heterocycles. The lowest BCUT2D eigenvalue weighted by Gasteiger charge is -2.50. The predicted octanol–water partition coefficient (Wildman–Crippen LogP) is 1.68. The van der Waals surface area contributed by atoms with Gasteiger partial charge in [0.2, 0.25) is 5.91 Å². The number of carbonyl (C=O) groups is 3. The fourth-order valence-corrected chi connectivity index (χ4v) is 4.13. The molecular formula is C22H29N5O5. The van der Waals surface area contributed by atoms with Crippen LogP contribution in [0.5, 0.6) is 0 Å². The topological polar surface area (TPSA) is 134 Å². The van der Waals surface area contributed by atoms with E-state index in [1.165, 1.54) is 0 Å². The van der Waals surface area contributed by atoms with Gasteiger partial charge < -0.3 is 30.4 Å². The van der Waals surface area contributed by atoms with Crippen LogP contribution in [0.25, 0.3) is 11.0 Å². The molecule has 1 unspecified atom stereocenters. The van der Waals surface area contributed by atoms with Gasteiger partial charge >= 0.3 is 6.09 Å². The standard InChI is InChI=1S/C22H29N5O5/c1-3-4-7-32-21(30)23-10-14-8-15(19-16(9-14)24-13(2)25-19)20(29)26-17-5-6-18(28)27-22(17)11-31-12-22/h8-9,17H,3-7,10-12H2,1-2H3,(H,23,30)(H,24,25)(H,26,29)(H,27,28). The molecule has 1 aromatic carbocycles. The van der Waals surface area contributed by atoms with Gasteiger partial charge in [0.15, 0.2) is 0 Å². The van der Waals surface area contributed by atoms with Gasteiger partial charge in [0.1, 0.15) is 16.9 Å². The number of alkyl carbamates (subject to hydrolysis) is 1. The third-order valence-corrected chi connectivity index (χ3v) is 5.92. The van der Waals surface area contributed by atoms with Gasteiger partial charge in [-0.15, -0.1) is 0 Å². The van der Waals surface area contributed by atoms with Gasteiger partial charge in [-0.3, -0.25) is 9.59 Å². The molecule has 2 aliphatic heterocycles. The summed E-state index contributed by atoms with van der Waals surface area (Å²) in [5.74, 6) is 0.385. The van der Waals surface area contributed by atoms with Crippen molar-refractivity contribution in [2.24, 2.45) is 0 Å². The third-order valence-electron chi connectivity index (χ3n) is 5.92. The Bertz CT molecular complexity index is 1030. The number of H-pyrrole nitrogens is 1. The molecule has 1 aromatic heterocycles. The monoisotopic (exact) mass is 443 g/mol. The van der Waals surface area contributed by atoms with Crippen LogP contribution in [0.1, 0.15) is 54.4 Å². The number of aryl methyl sites for hydroxylation is 1. The molecule has 2 aromatic rings. The first kappa shape index (κ1) is 22.1. The lowest BCUT2D eigenvalue weighted by atomic mass is 9.81. The van der Waals surface area contributed by atoms with E-state index in [9.17, 15) is 14.4 Å². The molecule has 10 heteroatoms. The molecule has 172 valence electrons. The number of aromatic nitrogens is 2. The first-order chi connectivity index (χ1) is 15.4. The van der Waals surface area contributed by atoms with Gasteiger partial charge in [-0.05, 0) is 37.5 Å². The summed E-state index contributed by atoms with van der Waals surface area (Å²) in [7, 11) is 0. The Hall–Kier alpha value is -3.14. The predicted molar refractivity (Wildman–Crippen MR) is 116 cm³/mol. The summed E-state index contributed by atoms with van der Waals surface area (Å²) in [5.41, 5.74) is 1.89. The number of aromatic amines is 1. The molecule has 32 heavy (non-hydrogen) atoms. The lowest BCUT2D eigenvalue weighted by molar-refractivity contribution is -0.143. The molecule has 1 atom stereocenters. The number of hydrogen-bond acceptors (Lipinski definition) is 6. The maximum absolute atomic E-state index is 13.3. The van der Waals surface area contributed by atoms with Crippen LogP contribution >= 0.6 is 0 Å². The molecule has 1 spiro atoms. The largest absolute Gasteiger partial charge is 0.450 e. The highest BCUT2D eigenvalue weighted by atomic mass is 16.5. The zero-order valence-electron chi connectivity index (χ0n) is 18.4. The normalized spacial score (nSPS) is 19.3. The molecule has 0 aliphatic carbocycles. The van der Waals surface area contributed by atoms with E-state index in [-0.39, 0.29) is 24.4 Å². The van der Waals surface area contributed by atoms with Crippen LogP contribution in [-0.4, -0.2) is 59.3 Å². The molecule has 3 amide bonds. The van der Waals surface area contributed by atoms with Gasteiger partial charge in [0.25, 0.3) is 5.91 Å². The molecular weight excluding hydrogens is 414 g/mol. The first-order valence-electron chi connectivity index (χ1n) is 11.0. The zero-order chi connectivity index (χ0) is 22.7. The van der Waals surface area contributed by atoms with E-state index in [0.29, 0.717) is 55.1 Å². The van der Waals surface area contributed by atoms with Gasteiger partial charge in [-0.1, -0.05) is 13.3 Å². The number of fused-ring (bicyclic) bond motifs is 1. The van der Waals surface area contributed by atoms with Crippen molar-refractivity contribution < 1.29 is 23.9 Å². The average Bonchev–Trinajstić information content (AvgIpc) is 3.11. The van der Waals surface area contributed by atoms with Gasteiger partial charge in [0.05, 0.1) is 36.9 Å². The molecule has 0 saturated carbocycles. The van der Waals surface area contributed by atoms with Crippen molar-refractivity contribution in [3.05, 3.63) is 29.1 Å². The maximum Gasteiger partial charge on any atom is 0.407 e. The van der Waals surface area contributed by atoms with Crippen molar-refractivity contribution in [2.45, 2.75) is 57.7 Å². The summed E-state index contributed by atoms with van der Waals surface area (Å²) in [6.07, 6.45) is 2.17. The molecule has 4 rings (SSSR count). The molecule has 0 radical (unpaired) electrons. The Morgan fingerprint density at radius 3 is 2.88 bits per heavy atom. The zero-order valence-corrected chi connectivity index (χ0v) is 18.4. The van der Waals surface area contributed by atoms with E-state index in [1.54, 1.807) is 6.07 Å². The summed E-state index contributed by atoms with van der Waals surface area (Å²) in [6, 6.07) is 3.36. The Morgan fingerprint density at radius 1 is 1.34 bits per heavy atom. The summed E-state index contributed by atoms with van der Waals surface area (Å²) < 4.78 is 10.5. The minimum Gasteiger partial charge on any atom is -0.450 e. The van der Waals surface area contributed by atoms with Crippen molar-refractivity contribution in [3.63, 3.8) is 0 Å². The van der Waals surface area contributed by atoms with E-state index in [4.69, 9.17) is 9.47 Å². The Morgan fingerprint density at radius 2 is 2.16 bits per heavy atom. The number of piperidine rings is 1. The minimum absolute atomic E-state index is 0.0250. The van der Waals surface area contributed by atoms with Crippen molar-refractivity contribution in [1.29, 1.82) is 0 Å². The number of rotatable bonds is 7. The number of hydrogen-bond donors (Lipinski definition) is 4. The van der Waals surface area contributed by atoms with Crippen molar-refractivity contribution in [3.8, 4) is 0 Å². The molecule has 2 fully saturated rings. The summed E-state index contributed by atoms with van der Waals surface area (Å²) in [4.78, 5) is 44.7. The fraction of sp³-hybridized carbons (Fsp3) is 0.545. The minimum atomic E-state index is -0.549. The number of imidazole rings is 1. The van der Waals surface area contributed by atoms with E-state index in [0.717, 1.165) is 18.4 Å². The van der Waals surface area contributed by atoms with Crippen LogP contribution in [-0.2, 0) is 20.8 Å². The number of nitrogens with zero attached hydrogens (tertiary/aromatic N) is 1. The second kappa shape index (κ2) is 9.15. The summed E-state index contributed by atoms with van der Waals surface area (Å²) >= 11 is 0. The highest BCUT2D eigenvalue weighted by Gasteiger charge is 2.50. The smallest absolute Gasteiger partial charge is 0.407 e. The SMILES string of the molecule is CCCCOC(=O)NCc1cc(C(=O)NC2CCC(=O)NC23COC3)c2nc(C)[nH]c2c1. The quantitative estimate of drug-likeness (QED) is 0.481. The highest BCUT2D eigenvalue weighted by Crippen LogP contribution is 2.29. The fourth-order valence-electron chi connectivity index (χ4n) is 4.13. The van der Waals surface area contributed by atoms with Crippen molar-refractivity contribution in [2.75, 3.05) is 19.8 Å². The molecule has 2 aliphatic rings. The summed E-state index contributed by atoms with van der Waals surface area (Å²) in [6.45, 7) is 5.20. The third kappa shape index (κ3) is 4.55. The molecule has 10 nitrogen and oxygen atoms in total.